The largest absolute Gasteiger partial charge is 0.506 e. The van der Waals surface area contributed by atoms with Gasteiger partial charge in [-0.15, -0.1) is 0 Å². The van der Waals surface area contributed by atoms with Gasteiger partial charge < -0.3 is 10.4 Å². The van der Waals surface area contributed by atoms with E-state index in [9.17, 15) is 9.90 Å². The average molecular weight is 477 g/mol. The highest BCUT2D eigenvalue weighted by molar-refractivity contribution is 9.11. The molecule has 0 aliphatic carbocycles. The highest BCUT2D eigenvalue weighted by Crippen LogP contribution is 2.32. The fourth-order valence-corrected chi connectivity index (χ4v) is 3.58. The molecule has 5 nitrogen and oxygen atoms in total. The number of anilines is 1. The van der Waals surface area contributed by atoms with Crippen LogP contribution in [0, 0.1) is 0 Å². The van der Waals surface area contributed by atoms with Gasteiger partial charge in [0.1, 0.15) is 5.75 Å². The lowest BCUT2D eigenvalue weighted by Crippen LogP contribution is -2.25. The first-order chi connectivity index (χ1) is 12.5. The number of carbonyl (C=O) groups excluding carboxylic acids is 1. The molecule has 0 saturated heterocycles. The monoisotopic (exact) mass is 475 g/mol. The maximum absolute atomic E-state index is 11.9. The minimum absolute atomic E-state index is 0.110. The molecular weight excluding hydrogens is 462 g/mol. The summed E-state index contributed by atoms with van der Waals surface area (Å²) in [4.78, 5) is 11.9. The Labute approximate surface area is 167 Å². The number of phenols is 1. The average Bonchev–Trinajstić information content (AvgIpc) is 2.64. The number of carbonyl (C=O) groups is 1. The topological polar surface area (TPSA) is 73.7 Å². The van der Waals surface area contributed by atoms with Crippen LogP contribution >= 0.6 is 31.9 Å². The van der Waals surface area contributed by atoms with E-state index in [-0.39, 0.29) is 18.2 Å². The van der Waals surface area contributed by atoms with Crippen molar-refractivity contribution in [1.29, 1.82) is 0 Å². The van der Waals surface area contributed by atoms with Crippen LogP contribution in [0.3, 0.4) is 0 Å². The summed E-state index contributed by atoms with van der Waals surface area (Å²) < 4.78 is 1.08. The molecule has 0 bridgehead atoms. The smallest absolute Gasteiger partial charge is 0.259 e. The SMILES string of the molecule is O=C(CNc1ccc2ccccc2c1)N/N=C/c1cc(Br)c(O)c(Br)c1. The first-order valence-electron chi connectivity index (χ1n) is 7.75. The van der Waals surface area contributed by atoms with Crippen molar-refractivity contribution >= 4 is 60.4 Å². The van der Waals surface area contributed by atoms with E-state index in [1.807, 2.05) is 42.5 Å². The van der Waals surface area contributed by atoms with E-state index in [0.717, 1.165) is 22.0 Å². The predicted octanol–water partition coefficient (Wildman–Crippen LogP) is 4.63. The van der Waals surface area contributed by atoms with E-state index < -0.39 is 0 Å². The zero-order valence-electron chi connectivity index (χ0n) is 13.5. The molecule has 0 aliphatic heterocycles. The molecule has 0 radical (unpaired) electrons. The van der Waals surface area contributed by atoms with Gasteiger partial charge in [0, 0.05) is 5.69 Å². The Balaban J connectivity index is 1.55. The number of halogens is 2. The number of nitrogens with zero attached hydrogens (tertiary/aromatic N) is 1. The number of fused-ring (bicyclic) bond motifs is 1. The van der Waals surface area contributed by atoms with Gasteiger partial charge in [-0.1, -0.05) is 30.3 Å². The van der Waals surface area contributed by atoms with Crippen molar-refractivity contribution in [2.24, 2.45) is 5.10 Å². The van der Waals surface area contributed by atoms with E-state index in [2.05, 4.69) is 47.7 Å². The highest BCUT2D eigenvalue weighted by atomic mass is 79.9. The third kappa shape index (κ3) is 4.62. The van der Waals surface area contributed by atoms with Gasteiger partial charge in [0.05, 0.1) is 21.7 Å². The summed E-state index contributed by atoms with van der Waals surface area (Å²) >= 11 is 6.49. The van der Waals surface area contributed by atoms with Crippen LogP contribution in [0.5, 0.6) is 5.75 Å². The van der Waals surface area contributed by atoms with Crippen LogP contribution < -0.4 is 10.7 Å². The number of hydrogen-bond acceptors (Lipinski definition) is 4. The molecule has 7 heteroatoms. The molecule has 26 heavy (non-hydrogen) atoms. The van der Waals surface area contributed by atoms with Crippen LogP contribution in [-0.2, 0) is 4.79 Å². The second-order valence-electron chi connectivity index (χ2n) is 5.54. The van der Waals surface area contributed by atoms with Gasteiger partial charge >= 0.3 is 0 Å². The standard InChI is InChI=1S/C19H15Br2N3O2/c20-16-7-12(8-17(21)19(16)26)10-23-24-18(25)11-22-15-6-5-13-3-1-2-4-14(13)9-15/h1-10,22,26H,11H2,(H,24,25)/b23-10+. The fourth-order valence-electron chi connectivity index (χ4n) is 2.36. The van der Waals surface area contributed by atoms with Crippen LogP contribution in [0.1, 0.15) is 5.56 Å². The molecule has 0 aromatic heterocycles. The number of nitrogens with one attached hydrogen (secondary N) is 2. The first kappa shape index (κ1) is 18.4. The lowest BCUT2D eigenvalue weighted by atomic mass is 10.1. The number of hydrazone groups is 1. The molecule has 0 heterocycles. The third-order valence-electron chi connectivity index (χ3n) is 3.64. The first-order valence-corrected chi connectivity index (χ1v) is 9.34. The summed E-state index contributed by atoms with van der Waals surface area (Å²) in [5.74, 6) is -0.142. The molecule has 3 aromatic rings. The Hall–Kier alpha value is -2.38. The normalized spacial score (nSPS) is 11.0. The summed E-state index contributed by atoms with van der Waals surface area (Å²) in [5.41, 5.74) is 4.06. The van der Waals surface area contributed by atoms with Crippen molar-refractivity contribution < 1.29 is 9.90 Å². The van der Waals surface area contributed by atoms with E-state index in [4.69, 9.17) is 0 Å². The van der Waals surface area contributed by atoms with Crippen molar-refractivity contribution in [3.8, 4) is 5.75 Å². The zero-order chi connectivity index (χ0) is 18.5. The van der Waals surface area contributed by atoms with Gasteiger partial charge in [-0.05, 0) is 72.5 Å². The van der Waals surface area contributed by atoms with Crippen molar-refractivity contribution in [1.82, 2.24) is 5.43 Å². The summed E-state index contributed by atoms with van der Waals surface area (Å²) in [6.07, 6.45) is 1.50. The van der Waals surface area contributed by atoms with Gasteiger partial charge in [-0.25, -0.2) is 5.43 Å². The molecule has 3 rings (SSSR count). The van der Waals surface area contributed by atoms with Gasteiger partial charge in [0.25, 0.3) is 5.91 Å². The van der Waals surface area contributed by atoms with Crippen molar-refractivity contribution in [2.45, 2.75) is 0 Å². The quantitative estimate of drug-likeness (QED) is 0.371. The van der Waals surface area contributed by atoms with Crippen molar-refractivity contribution in [2.75, 3.05) is 11.9 Å². The number of hydrogen-bond donors (Lipinski definition) is 3. The molecule has 132 valence electrons. The molecule has 0 unspecified atom stereocenters. The summed E-state index contributed by atoms with van der Waals surface area (Å²) in [5, 5.41) is 18.9. The Morgan fingerprint density at radius 3 is 2.46 bits per heavy atom. The summed E-state index contributed by atoms with van der Waals surface area (Å²) in [6, 6.07) is 17.4. The van der Waals surface area contributed by atoms with Gasteiger partial charge in [-0.3, -0.25) is 4.79 Å². The number of benzene rings is 3. The second-order valence-corrected chi connectivity index (χ2v) is 7.25. The Bertz CT molecular complexity index is 966. The minimum Gasteiger partial charge on any atom is -0.506 e. The molecule has 3 aromatic carbocycles. The van der Waals surface area contributed by atoms with E-state index >= 15 is 0 Å². The van der Waals surface area contributed by atoms with Crippen LogP contribution in [0.25, 0.3) is 10.8 Å². The number of rotatable bonds is 5. The fraction of sp³-hybridized carbons (Fsp3) is 0.0526. The maximum atomic E-state index is 11.9. The number of phenolic OH excluding ortho intramolecular Hbond substituents is 1. The number of aromatic hydroxyl groups is 1. The van der Waals surface area contributed by atoms with Gasteiger partial charge in [0.2, 0.25) is 0 Å². The predicted molar refractivity (Wildman–Crippen MR) is 112 cm³/mol. The van der Waals surface area contributed by atoms with Gasteiger partial charge in [-0.2, -0.15) is 5.10 Å². The van der Waals surface area contributed by atoms with Crippen LogP contribution in [0.15, 0.2) is 68.6 Å². The molecule has 3 N–H and O–H groups in total. The summed E-state index contributed by atoms with van der Waals surface area (Å²) in [6.45, 7) is 0.110. The lowest BCUT2D eigenvalue weighted by Gasteiger charge is -2.07. The van der Waals surface area contributed by atoms with E-state index in [1.54, 1.807) is 12.1 Å². The molecule has 0 aliphatic rings. The van der Waals surface area contributed by atoms with E-state index in [0.29, 0.717) is 8.95 Å². The molecular formula is C19H15Br2N3O2. The highest BCUT2D eigenvalue weighted by Gasteiger charge is 2.05. The Kier molecular flexibility index (Phi) is 5.90. The van der Waals surface area contributed by atoms with Crippen molar-refractivity contribution in [3.63, 3.8) is 0 Å². The number of amides is 1. The Morgan fingerprint density at radius 2 is 1.73 bits per heavy atom. The maximum Gasteiger partial charge on any atom is 0.259 e. The second kappa shape index (κ2) is 8.33. The molecule has 0 saturated carbocycles. The third-order valence-corrected chi connectivity index (χ3v) is 4.85. The molecule has 1 amide bonds. The van der Waals surface area contributed by atoms with Crippen LogP contribution in [0.4, 0.5) is 5.69 Å². The Morgan fingerprint density at radius 1 is 1.04 bits per heavy atom. The van der Waals surface area contributed by atoms with Gasteiger partial charge in [0.15, 0.2) is 0 Å². The zero-order valence-corrected chi connectivity index (χ0v) is 16.7. The van der Waals surface area contributed by atoms with Crippen molar-refractivity contribution in [3.05, 3.63) is 69.1 Å². The lowest BCUT2D eigenvalue weighted by molar-refractivity contribution is -0.119. The summed E-state index contributed by atoms with van der Waals surface area (Å²) in [7, 11) is 0. The molecule has 0 atom stereocenters. The van der Waals surface area contributed by atoms with Crippen LogP contribution in [-0.4, -0.2) is 23.8 Å². The van der Waals surface area contributed by atoms with E-state index in [1.165, 1.54) is 6.21 Å². The van der Waals surface area contributed by atoms with Crippen LogP contribution in [0.2, 0.25) is 0 Å². The molecule has 0 fully saturated rings. The molecule has 0 spiro atoms. The minimum atomic E-state index is -0.258.